The SMILES string of the molecule is Cc1cnc(Nc2cnn(C3CCOCC3)c2)nc1-c1ccnc(OCC2(C#N)CC2)c1. The quantitative estimate of drug-likeness (QED) is 0.601. The summed E-state index contributed by atoms with van der Waals surface area (Å²) in [7, 11) is 0. The van der Waals surface area contributed by atoms with Crippen LogP contribution < -0.4 is 10.1 Å². The van der Waals surface area contributed by atoms with Crippen molar-refractivity contribution in [3.8, 4) is 23.2 Å². The van der Waals surface area contributed by atoms with Gasteiger partial charge >= 0.3 is 0 Å². The van der Waals surface area contributed by atoms with Crippen molar-refractivity contribution in [1.82, 2.24) is 24.7 Å². The van der Waals surface area contributed by atoms with E-state index in [1.807, 2.05) is 29.9 Å². The van der Waals surface area contributed by atoms with E-state index in [4.69, 9.17) is 14.5 Å². The topological polar surface area (TPSA) is 111 Å². The number of hydrogen-bond donors (Lipinski definition) is 1. The van der Waals surface area contributed by atoms with Crippen LogP contribution in [0.3, 0.4) is 0 Å². The number of ether oxygens (including phenoxy) is 2. The van der Waals surface area contributed by atoms with Crippen LogP contribution in [0.4, 0.5) is 11.6 Å². The van der Waals surface area contributed by atoms with Gasteiger partial charge in [-0.25, -0.2) is 15.0 Å². The van der Waals surface area contributed by atoms with Crippen LogP contribution in [0.2, 0.25) is 0 Å². The molecule has 4 heterocycles. The number of nitrogens with one attached hydrogen (secondary N) is 1. The molecule has 0 unspecified atom stereocenters. The lowest BCUT2D eigenvalue weighted by Gasteiger charge is -2.22. The van der Waals surface area contributed by atoms with Crippen molar-refractivity contribution in [3.05, 3.63) is 42.5 Å². The van der Waals surface area contributed by atoms with Gasteiger partial charge in [-0.05, 0) is 44.2 Å². The van der Waals surface area contributed by atoms with Gasteiger partial charge in [-0.15, -0.1) is 0 Å². The zero-order valence-corrected chi connectivity index (χ0v) is 18.0. The molecule has 1 saturated carbocycles. The summed E-state index contributed by atoms with van der Waals surface area (Å²) in [6, 6.07) is 6.45. The molecule has 9 heteroatoms. The van der Waals surface area contributed by atoms with E-state index >= 15 is 0 Å². The molecule has 1 aliphatic carbocycles. The summed E-state index contributed by atoms with van der Waals surface area (Å²) in [5.41, 5.74) is 3.14. The number of pyridine rings is 1. The number of nitrogens with zero attached hydrogens (tertiary/aromatic N) is 6. The lowest BCUT2D eigenvalue weighted by atomic mass is 10.1. The Morgan fingerprint density at radius 1 is 1.28 bits per heavy atom. The van der Waals surface area contributed by atoms with E-state index in [2.05, 4.69) is 26.5 Å². The molecule has 164 valence electrons. The third-order valence-electron chi connectivity index (χ3n) is 5.99. The first kappa shape index (κ1) is 20.4. The lowest BCUT2D eigenvalue weighted by molar-refractivity contribution is 0.0662. The maximum absolute atomic E-state index is 9.24. The average Bonchev–Trinajstić information content (AvgIpc) is 3.48. The minimum absolute atomic E-state index is 0.339. The highest BCUT2D eigenvalue weighted by molar-refractivity contribution is 5.65. The Kier molecular flexibility index (Phi) is 5.45. The Hall–Kier alpha value is -3.51. The van der Waals surface area contributed by atoms with Gasteiger partial charge in [-0.3, -0.25) is 4.68 Å². The highest BCUT2D eigenvalue weighted by atomic mass is 16.5. The van der Waals surface area contributed by atoms with Crippen molar-refractivity contribution in [3.63, 3.8) is 0 Å². The maximum atomic E-state index is 9.24. The molecule has 2 fully saturated rings. The molecule has 0 amide bonds. The molecule has 1 N–H and O–H groups in total. The first-order valence-corrected chi connectivity index (χ1v) is 10.9. The first-order chi connectivity index (χ1) is 15.6. The van der Waals surface area contributed by atoms with Crippen LogP contribution in [0.25, 0.3) is 11.3 Å². The van der Waals surface area contributed by atoms with Gasteiger partial charge in [0.05, 0.1) is 35.1 Å². The van der Waals surface area contributed by atoms with Crippen molar-refractivity contribution in [2.24, 2.45) is 5.41 Å². The smallest absolute Gasteiger partial charge is 0.227 e. The van der Waals surface area contributed by atoms with Gasteiger partial charge in [0, 0.05) is 43.4 Å². The third kappa shape index (κ3) is 4.41. The van der Waals surface area contributed by atoms with Gasteiger partial charge in [-0.2, -0.15) is 10.4 Å². The monoisotopic (exact) mass is 431 g/mol. The van der Waals surface area contributed by atoms with Crippen LogP contribution in [-0.2, 0) is 4.74 Å². The maximum Gasteiger partial charge on any atom is 0.227 e. The molecular weight excluding hydrogens is 406 g/mol. The average molecular weight is 432 g/mol. The molecule has 0 spiro atoms. The second-order valence-electron chi connectivity index (χ2n) is 8.47. The van der Waals surface area contributed by atoms with Gasteiger partial charge in [0.2, 0.25) is 11.8 Å². The van der Waals surface area contributed by atoms with Gasteiger partial charge in [0.15, 0.2) is 0 Å². The molecule has 3 aromatic rings. The molecule has 1 aliphatic heterocycles. The largest absolute Gasteiger partial charge is 0.476 e. The van der Waals surface area contributed by atoms with Crippen molar-refractivity contribution >= 4 is 11.6 Å². The van der Waals surface area contributed by atoms with E-state index < -0.39 is 0 Å². The lowest BCUT2D eigenvalue weighted by Crippen LogP contribution is -2.19. The van der Waals surface area contributed by atoms with Crippen LogP contribution in [-0.4, -0.2) is 44.6 Å². The summed E-state index contributed by atoms with van der Waals surface area (Å²) < 4.78 is 13.2. The van der Waals surface area contributed by atoms with Gasteiger partial charge < -0.3 is 14.8 Å². The first-order valence-electron chi connectivity index (χ1n) is 10.9. The van der Waals surface area contributed by atoms with Gasteiger partial charge in [0.1, 0.15) is 6.61 Å². The molecule has 5 rings (SSSR count). The number of aryl methyl sites for hydroxylation is 1. The number of anilines is 2. The Balaban J connectivity index is 1.31. The van der Waals surface area contributed by atoms with Crippen LogP contribution >= 0.6 is 0 Å². The second-order valence-corrected chi connectivity index (χ2v) is 8.47. The van der Waals surface area contributed by atoms with Crippen LogP contribution in [0.1, 0.15) is 37.3 Å². The standard InChI is InChI=1S/C23H25N7O2/c1-16-11-26-22(28-18-12-27-30(13-18)19-3-8-31-9-4-19)29-21(16)17-2-7-25-20(10-17)32-15-23(14-24)5-6-23/h2,7,10-13,19H,3-6,8-9,15H2,1H3,(H,26,28,29). The fourth-order valence-electron chi connectivity index (χ4n) is 3.76. The molecule has 0 atom stereocenters. The Morgan fingerprint density at radius 3 is 2.91 bits per heavy atom. The van der Waals surface area contributed by atoms with E-state index in [0.29, 0.717) is 24.5 Å². The summed E-state index contributed by atoms with van der Waals surface area (Å²) in [5, 5.41) is 17.0. The van der Waals surface area contributed by atoms with Crippen molar-refractivity contribution < 1.29 is 9.47 Å². The minimum atomic E-state index is -0.339. The molecule has 0 bridgehead atoms. The molecule has 9 nitrogen and oxygen atoms in total. The molecule has 3 aromatic heterocycles. The summed E-state index contributed by atoms with van der Waals surface area (Å²) in [5.74, 6) is 0.993. The molecule has 0 radical (unpaired) electrons. The van der Waals surface area contributed by atoms with Gasteiger partial charge in [0.25, 0.3) is 0 Å². The third-order valence-corrected chi connectivity index (χ3v) is 5.99. The highest BCUT2D eigenvalue weighted by Crippen LogP contribution is 2.45. The van der Waals surface area contributed by atoms with Crippen LogP contribution in [0.15, 0.2) is 36.9 Å². The molecule has 32 heavy (non-hydrogen) atoms. The zero-order chi connectivity index (χ0) is 22.0. The minimum Gasteiger partial charge on any atom is -0.476 e. The van der Waals surface area contributed by atoms with E-state index in [1.54, 1.807) is 18.6 Å². The van der Waals surface area contributed by atoms with Crippen LogP contribution in [0.5, 0.6) is 5.88 Å². The predicted octanol–water partition coefficient (Wildman–Crippen LogP) is 3.82. The number of rotatable bonds is 7. The summed E-state index contributed by atoms with van der Waals surface area (Å²) in [6.45, 7) is 3.88. The Labute approximate surface area is 186 Å². The summed E-state index contributed by atoms with van der Waals surface area (Å²) >= 11 is 0. The predicted molar refractivity (Wildman–Crippen MR) is 117 cm³/mol. The molecule has 0 aromatic carbocycles. The number of nitriles is 1. The number of aromatic nitrogens is 5. The van der Waals surface area contributed by atoms with E-state index in [-0.39, 0.29) is 5.41 Å². The Morgan fingerprint density at radius 2 is 2.12 bits per heavy atom. The fourth-order valence-corrected chi connectivity index (χ4v) is 3.76. The van der Waals surface area contributed by atoms with Crippen molar-refractivity contribution in [2.45, 2.75) is 38.6 Å². The zero-order valence-electron chi connectivity index (χ0n) is 18.0. The molecule has 2 aliphatic rings. The van der Waals surface area contributed by atoms with E-state index in [0.717, 1.165) is 61.4 Å². The molecular formula is C23H25N7O2. The van der Waals surface area contributed by atoms with Gasteiger partial charge in [-0.1, -0.05) is 0 Å². The van der Waals surface area contributed by atoms with Crippen LogP contribution in [0, 0.1) is 23.7 Å². The second kappa shape index (κ2) is 8.55. The van der Waals surface area contributed by atoms with Crippen molar-refractivity contribution in [1.29, 1.82) is 5.26 Å². The summed E-state index contributed by atoms with van der Waals surface area (Å²) in [6.07, 6.45) is 11.0. The highest BCUT2D eigenvalue weighted by Gasteiger charge is 2.44. The molecule has 1 saturated heterocycles. The van der Waals surface area contributed by atoms with Crippen molar-refractivity contribution in [2.75, 3.05) is 25.1 Å². The normalized spacial score (nSPS) is 17.5. The number of hydrogen-bond acceptors (Lipinski definition) is 8. The van der Waals surface area contributed by atoms with E-state index in [9.17, 15) is 5.26 Å². The summed E-state index contributed by atoms with van der Waals surface area (Å²) in [4.78, 5) is 13.4. The fraction of sp³-hybridized carbons (Fsp3) is 0.435. The Bertz CT molecular complexity index is 1140. The van der Waals surface area contributed by atoms with E-state index in [1.165, 1.54) is 0 Å².